The van der Waals surface area contributed by atoms with Crippen LogP contribution in [0, 0.1) is 24.7 Å². The van der Waals surface area contributed by atoms with Gasteiger partial charge in [0, 0.05) is 27.3 Å². The maximum absolute atomic E-state index is 13.2. The molecule has 6 rings (SSSR count). The Morgan fingerprint density at radius 3 is 2.68 bits per heavy atom. The smallest absolute Gasteiger partial charge is 0.308 e. The minimum atomic E-state index is -0.170. The Morgan fingerprint density at radius 2 is 1.88 bits per heavy atom. The number of aryl methyl sites for hydroxylation is 1. The molecule has 0 saturated heterocycles. The molecule has 0 spiro atoms. The van der Waals surface area contributed by atoms with E-state index < -0.39 is 0 Å². The van der Waals surface area contributed by atoms with Gasteiger partial charge in [-0.05, 0) is 62.1 Å². The lowest BCUT2D eigenvalue weighted by Crippen LogP contribution is -2.35. The number of thioether (sulfide) groups is 1. The zero-order chi connectivity index (χ0) is 23.4. The summed E-state index contributed by atoms with van der Waals surface area (Å²) in [6.45, 7) is 2.05. The Bertz CT molecular complexity index is 1300. The molecule has 34 heavy (non-hydrogen) atoms. The fourth-order valence-electron chi connectivity index (χ4n) is 6.34. The van der Waals surface area contributed by atoms with Crippen molar-refractivity contribution in [3.05, 3.63) is 74.2 Å². The third-order valence-corrected chi connectivity index (χ3v) is 10.6. The maximum Gasteiger partial charge on any atom is 0.308 e. The van der Waals surface area contributed by atoms with E-state index in [1.807, 2.05) is 55.1 Å². The van der Waals surface area contributed by atoms with Crippen molar-refractivity contribution in [1.29, 1.82) is 0 Å². The molecular weight excluding hydrogens is 464 g/mol. The number of aromatic nitrogens is 1. The van der Waals surface area contributed by atoms with Crippen LogP contribution in [0.4, 0.5) is 5.69 Å². The molecule has 1 aromatic heterocycles. The molecule has 5 unspecified atom stereocenters. The van der Waals surface area contributed by atoms with Crippen LogP contribution in [-0.4, -0.2) is 22.8 Å². The molecule has 2 bridgehead atoms. The highest BCUT2D eigenvalue weighted by molar-refractivity contribution is 8.00. The van der Waals surface area contributed by atoms with Crippen molar-refractivity contribution in [1.82, 2.24) is 4.57 Å². The van der Waals surface area contributed by atoms with Gasteiger partial charge in [0.15, 0.2) is 0 Å². The molecule has 2 aliphatic carbocycles. The Kier molecular flexibility index (Phi) is 5.57. The standard InChI is InChI=1S/C27H28N2O3S2/c1-15-7-11-18(12-8-15)28-21(30)14-29-26-25(34-27(29)31)23(19-5-3-4-6-20(19)32-2)22-16-9-10-17(13-16)24(22)33-26/h3-8,11-12,16-17,22-24H,9-10,13-14H2,1-2H3,(H,28,30). The summed E-state index contributed by atoms with van der Waals surface area (Å²) >= 11 is 3.17. The van der Waals surface area contributed by atoms with Crippen LogP contribution in [0.25, 0.3) is 0 Å². The van der Waals surface area contributed by atoms with Gasteiger partial charge in [0.05, 0.1) is 12.1 Å². The van der Waals surface area contributed by atoms with E-state index in [0.717, 1.165) is 26.9 Å². The van der Waals surface area contributed by atoms with Crippen molar-refractivity contribution in [2.45, 2.75) is 48.9 Å². The van der Waals surface area contributed by atoms with E-state index in [0.29, 0.717) is 23.0 Å². The minimum Gasteiger partial charge on any atom is -0.496 e. The number of fused-ring (bicyclic) bond motifs is 6. The van der Waals surface area contributed by atoms with E-state index >= 15 is 0 Å². The Morgan fingerprint density at radius 1 is 1.12 bits per heavy atom. The van der Waals surface area contributed by atoms with E-state index in [1.165, 1.54) is 36.2 Å². The van der Waals surface area contributed by atoms with E-state index in [4.69, 9.17) is 4.74 Å². The van der Waals surface area contributed by atoms with E-state index in [2.05, 4.69) is 17.4 Å². The molecule has 5 atom stereocenters. The van der Waals surface area contributed by atoms with Gasteiger partial charge in [-0.1, -0.05) is 47.2 Å². The summed E-state index contributed by atoms with van der Waals surface area (Å²) in [5, 5.41) is 4.43. The van der Waals surface area contributed by atoms with Gasteiger partial charge >= 0.3 is 4.87 Å². The first-order chi connectivity index (χ1) is 16.5. The zero-order valence-corrected chi connectivity index (χ0v) is 21.0. The summed E-state index contributed by atoms with van der Waals surface area (Å²) in [5.74, 6) is 2.76. The topological polar surface area (TPSA) is 60.3 Å². The van der Waals surface area contributed by atoms with Crippen LogP contribution in [0.1, 0.15) is 41.2 Å². The molecule has 3 aromatic rings. The molecule has 176 valence electrons. The molecule has 2 saturated carbocycles. The van der Waals surface area contributed by atoms with Gasteiger partial charge in [0.2, 0.25) is 5.91 Å². The Hall–Kier alpha value is -2.51. The summed E-state index contributed by atoms with van der Waals surface area (Å²) in [6, 6.07) is 16.0. The third-order valence-electron chi connectivity index (χ3n) is 7.80. The van der Waals surface area contributed by atoms with Crippen molar-refractivity contribution in [3.8, 4) is 5.75 Å². The van der Waals surface area contributed by atoms with Crippen molar-refractivity contribution < 1.29 is 9.53 Å². The molecule has 0 radical (unpaired) electrons. The number of amides is 1. The molecular formula is C27H28N2O3S2. The maximum atomic E-state index is 13.2. The molecule has 1 amide bonds. The number of rotatable bonds is 5. The second-order valence-electron chi connectivity index (χ2n) is 9.75. The van der Waals surface area contributed by atoms with Gasteiger partial charge in [-0.2, -0.15) is 0 Å². The fraction of sp³-hybridized carbons (Fsp3) is 0.407. The first kappa shape index (κ1) is 22.0. The molecule has 7 heteroatoms. The van der Waals surface area contributed by atoms with Gasteiger partial charge < -0.3 is 10.1 Å². The highest BCUT2D eigenvalue weighted by atomic mass is 32.2. The Labute approximate surface area is 207 Å². The molecule has 3 aliphatic rings. The van der Waals surface area contributed by atoms with Crippen molar-refractivity contribution in [3.63, 3.8) is 0 Å². The van der Waals surface area contributed by atoms with Gasteiger partial charge in [-0.25, -0.2) is 0 Å². The van der Waals surface area contributed by atoms with Crippen LogP contribution >= 0.6 is 23.1 Å². The first-order valence-corrected chi connectivity index (χ1v) is 13.6. The first-order valence-electron chi connectivity index (χ1n) is 11.9. The number of hydrogen-bond acceptors (Lipinski definition) is 5. The monoisotopic (exact) mass is 492 g/mol. The Balaban J connectivity index is 1.38. The summed E-state index contributed by atoms with van der Waals surface area (Å²) in [4.78, 5) is 27.2. The lowest BCUT2D eigenvalue weighted by Gasteiger charge is -2.40. The number of methoxy groups -OCH3 is 1. The number of carbonyl (C=O) groups excluding carboxylic acids is 1. The van der Waals surface area contributed by atoms with Gasteiger partial charge in [-0.15, -0.1) is 11.8 Å². The lowest BCUT2D eigenvalue weighted by atomic mass is 9.74. The van der Waals surface area contributed by atoms with Crippen LogP contribution in [0.3, 0.4) is 0 Å². The largest absolute Gasteiger partial charge is 0.496 e. The molecule has 2 heterocycles. The number of nitrogens with one attached hydrogen (secondary N) is 1. The van der Waals surface area contributed by atoms with Crippen LogP contribution in [0.2, 0.25) is 0 Å². The van der Waals surface area contributed by atoms with E-state index in [-0.39, 0.29) is 23.2 Å². The number of carbonyl (C=O) groups is 1. The number of para-hydroxylation sites is 1. The van der Waals surface area contributed by atoms with Crippen LogP contribution in [-0.2, 0) is 11.3 Å². The third kappa shape index (κ3) is 3.60. The SMILES string of the molecule is COc1ccccc1C1c2sc(=O)n(CC(=O)Nc3ccc(C)cc3)c2SC2C3CCC(C3)C12. The van der Waals surface area contributed by atoms with Crippen molar-refractivity contribution in [2.24, 2.45) is 17.8 Å². The minimum absolute atomic E-state index is 0.0374. The predicted molar refractivity (Wildman–Crippen MR) is 137 cm³/mol. The van der Waals surface area contributed by atoms with Crippen molar-refractivity contribution in [2.75, 3.05) is 12.4 Å². The number of anilines is 1. The number of hydrogen-bond donors (Lipinski definition) is 1. The normalized spacial score (nSPS) is 26.7. The van der Waals surface area contributed by atoms with Crippen LogP contribution in [0.5, 0.6) is 5.75 Å². The number of benzene rings is 2. The molecule has 2 aromatic carbocycles. The lowest BCUT2D eigenvalue weighted by molar-refractivity contribution is -0.116. The summed E-state index contributed by atoms with van der Waals surface area (Å²) in [5.41, 5.74) is 3.06. The summed E-state index contributed by atoms with van der Waals surface area (Å²) in [7, 11) is 1.72. The highest BCUT2D eigenvalue weighted by Crippen LogP contribution is 2.64. The summed E-state index contributed by atoms with van der Waals surface area (Å²) < 4.78 is 7.47. The fourth-order valence-corrected chi connectivity index (χ4v) is 9.48. The van der Waals surface area contributed by atoms with E-state index in [1.54, 1.807) is 11.7 Å². The van der Waals surface area contributed by atoms with Gasteiger partial charge in [-0.3, -0.25) is 14.2 Å². The molecule has 1 aliphatic heterocycles. The molecule has 1 N–H and O–H groups in total. The average Bonchev–Trinajstić information content (AvgIpc) is 3.54. The quantitative estimate of drug-likeness (QED) is 0.510. The zero-order valence-electron chi connectivity index (χ0n) is 19.3. The van der Waals surface area contributed by atoms with Gasteiger partial charge in [0.1, 0.15) is 12.3 Å². The average molecular weight is 493 g/mol. The number of thiazole rings is 1. The predicted octanol–water partition coefficient (Wildman–Crippen LogP) is 5.52. The summed E-state index contributed by atoms with van der Waals surface area (Å²) in [6.07, 6.45) is 3.83. The second kappa shape index (κ2) is 8.61. The molecule has 2 fully saturated rings. The van der Waals surface area contributed by atoms with Crippen LogP contribution < -0.4 is 14.9 Å². The van der Waals surface area contributed by atoms with Gasteiger partial charge in [0.25, 0.3) is 0 Å². The highest BCUT2D eigenvalue weighted by Gasteiger charge is 2.55. The number of ether oxygens (including phenoxy) is 1. The van der Waals surface area contributed by atoms with E-state index in [9.17, 15) is 9.59 Å². The van der Waals surface area contributed by atoms with Crippen LogP contribution in [0.15, 0.2) is 58.4 Å². The second-order valence-corrected chi connectivity index (χ2v) is 11.9. The number of nitrogens with zero attached hydrogens (tertiary/aromatic N) is 1. The van der Waals surface area contributed by atoms with Crippen molar-refractivity contribution >= 4 is 34.7 Å². The molecule has 5 nitrogen and oxygen atoms in total.